The molecule has 0 radical (unpaired) electrons. The van der Waals surface area contributed by atoms with E-state index in [0.717, 1.165) is 48.3 Å². The Morgan fingerprint density at radius 2 is 1.00 bits per heavy atom. The lowest BCUT2D eigenvalue weighted by molar-refractivity contribution is 0.123. The maximum atomic E-state index is 15.7. The Morgan fingerprint density at radius 1 is 0.568 bits per heavy atom. The SMILES string of the molecule is CC1(C)c2cc(-c3ccc(N(c4ccc(Br)cc4)c4ccc(Br)cc4)cc3)cc(F)c2C(C)(C)C1(C)C. The van der Waals surface area contributed by atoms with Gasteiger partial charge in [-0.3, -0.25) is 0 Å². The summed E-state index contributed by atoms with van der Waals surface area (Å²) in [6.45, 7) is 13.4. The number of benzene rings is 4. The predicted octanol–water partition coefficient (Wildman–Crippen LogP) is 11.1. The van der Waals surface area contributed by atoms with E-state index >= 15 is 4.39 Å². The third-order valence-electron chi connectivity index (χ3n) is 9.14. The highest BCUT2D eigenvalue weighted by Gasteiger charge is 2.58. The van der Waals surface area contributed by atoms with Gasteiger partial charge in [0.25, 0.3) is 0 Å². The maximum absolute atomic E-state index is 15.7. The van der Waals surface area contributed by atoms with Crippen LogP contribution in [0.3, 0.4) is 0 Å². The molecule has 4 aromatic rings. The molecule has 0 amide bonds. The van der Waals surface area contributed by atoms with E-state index in [4.69, 9.17) is 0 Å². The molecule has 0 N–H and O–H groups in total. The van der Waals surface area contributed by atoms with Gasteiger partial charge in [0.1, 0.15) is 5.82 Å². The van der Waals surface area contributed by atoms with E-state index in [1.165, 1.54) is 0 Å². The first-order chi connectivity index (χ1) is 17.3. The summed E-state index contributed by atoms with van der Waals surface area (Å²) in [5.41, 5.74) is 6.59. The van der Waals surface area contributed by atoms with Gasteiger partial charge in [-0.1, -0.05) is 91.6 Å². The third kappa shape index (κ3) is 4.17. The molecule has 0 aliphatic heterocycles. The topological polar surface area (TPSA) is 3.24 Å². The first kappa shape index (κ1) is 26.2. The molecule has 0 atom stereocenters. The Balaban J connectivity index is 1.58. The molecule has 0 spiro atoms. The Morgan fingerprint density at radius 3 is 1.46 bits per heavy atom. The quantitative estimate of drug-likeness (QED) is 0.219. The predicted molar refractivity (Wildman–Crippen MR) is 162 cm³/mol. The number of fused-ring (bicyclic) bond motifs is 1. The normalized spacial score (nSPS) is 16.9. The molecular weight excluding hydrogens is 589 g/mol. The second kappa shape index (κ2) is 9.10. The molecule has 0 heterocycles. The highest BCUT2D eigenvalue weighted by Crippen LogP contribution is 2.62. The number of hydrogen-bond acceptors (Lipinski definition) is 1. The van der Waals surface area contributed by atoms with Gasteiger partial charge in [0.05, 0.1) is 0 Å². The highest BCUT2D eigenvalue weighted by atomic mass is 79.9. The average molecular weight is 621 g/mol. The van der Waals surface area contributed by atoms with E-state index in [1.54, 1.807) is 6.07 Å². The summed E-state index contributed by atoms with van der Waals surface area (Å²) in [7, 11) is 0. The van der Waals surface area contributed by atoms with Crippen LogP contribution in [0.25, 0.3) is 11.1 Å². The molecule has 1 nitrogen and oxygen atoms in total. The van der Waals surface area contributed by atoms with E-state index in [2.05, 4.69) is 133 Å². The van der Waals surface area contributed by atoms with Crippen LogP contribution in [0.2, 0.25) is 0 Å². The largest absolute Gasteiger partial charge is 0.311 e. The highest BCUT2D eigenvalue weighted by molar-refractivity contribution is 9.10. The molecule has 4 heteroatoms. The van der Waals surface area contributed by atoms with Crippen molar-refractivity contribution >= 4 is 48.9 Å². The molecule has 5 rings (SSSR count). The molecular formula is C33H32Br2FN. The van der Waals surface area contributed by atoms with Gasteiger partial charge in [0, 0.05) is 26.0 Å². The Bertz CT molecular complexity index is 1400. The third-order valence-corrected chi connectivity index (χ3v) is 10.2. The lowest BCUT2D eigenvalue weighted by Crippen LogP contribution is -2.42. The van der Waals surface area contributed by atoms with Gasteiger partial charge < -0.3 is 4.90 Å². The molecule has 0 unspecified atom stereocenters. The minimum Gasteiger partial charge on any atom is -0.311 e. The molecule has 4 aromatic carbocycles. The Hall–Kier alpha value is -2.43. The average Bonchev–Trinajstić information content (AvgIpc) is 2.96. The first-order valence-corrected chi connectivity index (χ1v) is 14.2. The molecule has 0 saturated heterocycles. The minimum absolute atomic E-state index is 0.0818. The summed E-state index contributed by atoms with van der Waals surface area (Å²) in [6.07, 6.45) is 0. The Labute approximate surface area is 237 Å². The number of hydrogen-bond donors (Lipinski definition) is 0. The van der Waals surface area contributed by atoms with Crippen LogP contribution in [0, 0.1) is 11.2 Å². The fourth-order valence-corrected chi connectivity index (χ4v) is 6.29. The van der Waals surface area contributed by atoms with Gasteiger partial charge in [-0.15, -0.1) is 0 Å². The molecule has 0 aromatic heterocycles. The van der Waals surface area contributed by atoms with E-state index in [0.29, 0.717) is 0 Å². The second-order valence-corrected chi connectivity index (χ2v) is 13.4. The number of rotatable bonds is 4. The van der Waals surface area contributed by atoms with Gasteiger partial charge in [0.2, 0.25) is 0 Å². The fourth-order valence-electron chi connectivity index (χ4n) is 5.76. The second-order valence-electron chi connectivity index (χ2n) is 11.6. The molecule has 190 valence electrons. The number of halogens is 3. The van der Waals surface area contributed by atoms with Crippen molar-refractivity contribution in [1.29, 1.82) is 0 Å². The summed E-state index contributed by atoms with van der Waals surface area (Å²) in [5.74, 6) is -0.105. The first-order valence-electron chi connectivity index (χ1n) is 12.6. The van der Waals surface area contributed by atoms with Crippen LogP contribution in [0.4, 0.5) is 21.5 Å². The lowest BCUT2D eigenvalue weighted by Gasteiger charge is -2.44. The molecule has 0 saturated carbocycles. The van der Waals surface area contributed by atoms with Crippen LogP contribution in [-0.2, 0) is 10.8 Å². The Kier molecular flexibility index (Phi) is 6.44. The van der Waals surface area contributed by atoms with Crippen LogP contribution in [0.5, 0.6) is 0 Å². The van der Waals surface area contributed by atoms with Crippen molar-refractivity contribution < 1.29 is 4.39 Å². The lowest BCUT2D eigenvalue weighted by atomic mass is 9.59. The molecule has 1 aliphatic carbocycles. The summed E-state index contributed by atoms with van der Waals surface area (Å²) in [6, 6.07) is 28.9. The van der Waals surface area contributed by atoms with Crippen molar-refractivity contribution in [1.82, 2.24) is 0 Å². The number of nitrogens with zero attached hydrogens (tertiary/aromatic N) is 1. The molecule has 0 bridgehead atoms. The van der Waals surface area contributed by atoms with Crippen molar-refractivity contribution in [3.63, 3.8) is 0 Å². The smallest absolute Gasteiger partial charge is 0.127 e. The molecule has 37 heavy (non-hydrogen) atoms. The van der Waals surface area contributed by atoms with Gasteiger partial charge in [0.15, 0.2) is 0 Å². The minimum atomic E-state index is -0.256. The maximum Gasteiger partial charge on any atom is 0.127 e. The molecule has 1 aliphatic rings. The summed E-state index contributed by atoms with van der Waals surface area (Å²) < 4.78 is 17.8. The van der Waals surface area contributed by atoms with Crippen LogP contribution in [0.15, 0.2) is 93.9 Å². The van der Waals surface area contributed by atoms with Crippen molar-refractivity contribution in [2.75, 3.05) is 4.90 Å². The fraction of sp³-hybridized carbons (Fsp3) is 0.273. The van der Waals surface area contributed by atoms with Gasteiger partial charge in [-0.05, 0) is 105 Å². The standard InChI is InChI=1S/C33H32Br2FN/c1-31(2)28-19-22(20-29(36)30(28)32(3,4)33(31,5)6)21-7-13-25(14-8-21)37(26-15-9-23(34)10-16-26)27-17-11-24(35)12-18-27/h7-20H,1-6H3. The van der Waals surface area contributed by atoms with Crippen LogP contribution in [-0.4, -0.2) is 0 Å². The van der Waals surface area contributed by atoms with E-state index in [9.17, 15) is 0 Å². The van der Waals surface area contributed by atoms with E-state index < -0.39 is 0 Å². The van der Waals surface area contributed by atoms with Crippen LogP contribution in [0.1, 0.15) is 52.7 Å². The monoisotopic (exact) mass is 619 g/mol. The zero-order chi connectivity index (χ0) is 26.8. The van der Waals surface area contributed by atoms with Gasteiger partial charge >= 0.3 is 0 Å². The zero-order valence-electron chi connectivity index (χ0n) is 22.2. The zero-order valence-corrected chi connectivity index (χ0v) is 25.3. The van der Waals surface area contributed by atoms with Crippen LogP contribution >= 0.6 is 31.9 Å². The summed E-state index contributed by atoms with van der Waals surface area (Å²) in [4.78, 5) is 2.22. The van der Waals surface area contributed by atoms with Crippen molar-refractivity contribution in [3.8, 4) is 11.1 Å². The summed E-state index contributed by atoms with van der Waals surface area (Å²) in [5, 5.41) is 0. The van der Waals surface area contributed by atoms with Crippen molar-refractivity contribution in [2.45, 2.75) is 52.4 Å². The molecule has 0 fully saturated rings. The van der Waals surface area contributed by atoms with Gasteiger partial charge in [-0.2, -0.15) is 0 Å². The van der Waals surface area contributed by atoms with Gasteiger partial charge in [-0.25, -0.2) is 4.39 Å². The summed E-state index contributed by atoms with van der Waals surface area (Å²) >= 11 is 7.09. The van der Waals surface area contributed by atoms with E-state index in [-0.39, 0.29) is 22.1 Å². The number of anilines is 3. The van der Waals surface area contributed by atoms with E-state index in [1.807, 2.05) is 24.3 Å². The van der Waals surface area contributed by atoms with Crippen molar-refractivity contribution in [2.24, 2.45) is 5.41 Å². The van der Waals surface area contributed by atoms with Crippen LogP contribution < -0.4 is 4.90 Å². The van der Waals surface area contributed by atoms with Crippen molar-refractivity contribution in [3.05, 3.63) is 111 Å².